The van der Waals surface area contributed by atoms with Crippen molar-refractivity contribution < 1.29 is 19.1 Å². The number of carbonyl (C=O) groups is 2. The normalized spacial score (nSPS) is 14.1. The summed E-state index contributed by atoms with van der Waals surface area (Å²) in [6.45, 7) is 3.29. The third kappa shape index (κ3) is 5.05. The number of rotatable bonds is 7. The first kappa shape index (κ1) is 24.9. The minimum absolute atomic E-state index is 0.327. The number of likely N-dealkylation sites (N-methyl/N-ethyl adjacent to an activating group) is 1. The molecule has 4 aromatic rings. The minimum atomic E-state index is -0.963. The van der Waals surface area contributed by atoms with Crippen LogP contribution < -0.4 is 10.1 Å². The highest BCUT2D eigenvalue weighted by molar-refractivity contribution is 7.14. The minimum Gasteiger partial charge on any atom is -0.496 e. The zero-order chi connectivity index (χ0) is 25.9. The van der Waals surface area contributed by atoms with E-state index in [2.05, 4.69) is 15.2 Å². The molecule has 0 radical (unpaired) electrons. The van der Waals surface area contributed by atoms with Crippen LogP contribution in [0.5, 0.6) is 5.75 Å². The number of nitrogens with zero attached hydrogens (tertiary/aromatic N) is 3. The van der Waals surface area contributed by atoms with Crippen molar-refractivity contribution in [2.45, 2.75) is 32.4 Å². The first-order valence-corrected chi connectivity index (χ1v) is 13.1. The van der Waals surface area contributed by atoms with Crippen LogP contribution in [-0.4, -0.2) is 53.6 Å². The summed E-state index contributed by atoms with van der Waals surface area (Å²) in [6, 6.07) is 15.1. The lowest BCUT2D eigenvalue weighted by atomic mass is 9.96. The van der Waals surface area contributed by atoms with E-state index >= 15 is 0 Å². The van der Waals surface area contributed by atoms with Crippen molar-refractivity contribution in [1.82, 2.24) is 14.9 Å². The van der Waals surface area contributed by atoms with E-state index in [-0.39, 0.29) is 0 Å². The lowest BCUT2D eigenvalue weighted by Gasteiger charge is -2.27. The molecule has 37 heavy (non-hydrogen) atoms. The van der Waals surface area contributed by atoms with Crippen molar-refractivity contribution in [3.05, 3.63) is 70.7 Å². The number of para-hydroxylation sites is 2. The maximum atomic E-state index is 13.5. The Morgan fingerprint density at radius 2 is 1.92 bits per heavy atom. The van der Waals surface area contributed by atoms with Gasteiger partial charge >= 0.3 is 5.97 Å². The summed E-state index contributed by atoms with van der Waals surface area (Å²) >= 11 is 1.30. The largest absolute Gasteiger partial charge is 0.496 e. The Morgan fingerprint density at radius 1 is 1.14 bits per heavy atom. The van der Waals surface area contributed by atoms with Gasteiger partial charge in [-0.1, -0.05) is 37.3 Å². The van der Waals surface area contributed by atoms with E-state index in [1.54, 1.807) is 7.11 Å². The molecule has 8 nitrogen and oxygen atoms in total. The number of pyridine rings is 1. The fourth-order valence-electron chi connectivity index (χ4n) is 4.57. The van der Waals surface area contributed by atoms with Gasteiger partial charge in [0.25, 0.3) is 5.91 Å². The maximum absolute atomic E-state index is 13.5. The highest BCUT2D eigenvalue weighted by Gasteiger charge is 2.29. The summed E-state index contributed by atoms with van der Waals surface area (Å²) in [4.78, 5) is 38.2. The molecule has 2 aromatic heterocycles. The smallest absolute Gasteiger partial charge is 0.340 e. The van der Waals surface area contributed by atoms with Gasteiger partial charge < -0.3 is 14.4 Å². The number of benzene rings is 2. The molecule has 0 fully saturated rings. The zero-order valence-corrected chi connectivity index (χ0v) is 21.8. The number of ether oxygens (including phenoxy) is 2. The SMILES string of the molecule is CCC(OC(=O)c1c2c(nc3ccccc13)CCN(C)C2)C(=O)Nc1nc(-c2ccccc2OC)cs1. The van der Waals surface area contributed by atoms with Gasteiger partial charge in [-0.05, 0) is 31.7 Å². The summed E-state index contributed by atoms with van der Waals surface area (Å²) in [5.41, 5.74) is 4.55. The highest BCUT2D eigenvalue weighted by Crippen LogP contribution is 2.32. The van der Waals surface area contributed by atoms with Gasteiger partial charge in [0.05, 0.1) is 23.9 Å². The number of nitrogens with one attached hydrogen (secondary N) is 1. The average molecular weight is 517 g/mol. The number of amides is 1. The molecule has 1 amide bonds. The molecule has 0 spiro atoms. The lowest BCUT2D eigenvalue weighted by Crippen LogP contribution is -2.34. The molecule has 9 heteroatoms. The molecule has 0 saturated heterocycles. The van der Waals surface area contributed by atoms with Crippen LogP contribution in [-0.2, 0) is 22.5 Å². The van der Waals surface area contributed by atoms with E-state index in [9.17, 15) is 9.59 Å². The fourth-order valence-corrected chi connectivity index (χ4v) is 5.28. The predicted octanol–water partition coefficient (Wildman–Crippen LogP) is 4.93. The van der Waals surface area contributed by atoms with Crippen LogP contribution in [0.25, 0.3) is 22.2 Å². The van der Waals surface area contributed by atoms with Gasteiger partial charge in [0.15, 0.2) is 11.2 Å². The third-order valence-corrected chi connectivity index (χ3v) is 7.23. The number of carbonyl (C=O) groups excluding carboxylic acids is 2. The van der Waals surface area contributed by atoms with Gasteiger partial charge in [-0.3, -0.25) is 15.1 Å². The topological polar surface area (TPSA) is 93.7 Å². The van der Waals surface area contributed by atoms with Crippen LogP contribution in [0.2, 0.25) is 0 Å². The first-order valence-electron chi connectivity index (χ1n) is 12.2. The standard InChI is InChI=1S/C28H28N4O4S/c1-4-23(26(33)31-28-30-22(16-37-28)17-9-6-8-12-24(17)35-3)36-27(34)25-18-10-5-7-11-20(18)29-21-13-14-32(2)15-19(21)25/h5-12,16,23H,4,13-15H2,1-3H3,(H,30,31,33). The van der Waals surface area contributed by atoms with Gasteiger partial charge in [-0.2, -0.15) is 0 Å². The number of fused-ring (bicyclic) bond motifs is 2. The van der Waals surface area contributed by atoms with Crippen molar-refractivity contribution in [3.63, 3.8) is 0 Å². The van der Waals surface area contributed by atoms with Gasteiger partial charge in [0.2, 0.25) is 0 Å². The number of thiazole rings is 1. The van der Waals surface area contributed by atoms with Gasteiger partial charge in [-0.25, -0.2) is 9.78 Å². The zero-order valence-electron chi connectivity index (χ0n) is 21.0. The van der Waals surface area contributed by atoms with Crippen LogP contribution in [0, 0.1) is 0 Å². The molecule has 1 atom stereocenters. The van der Waals surface area contributed by atoms with Crippen molar-refractivity contribution in [2.24, 2.45) is 0 Å². The monoisotopic (exact) mass is 516 g/mol. The number of anilines is 1. The van der Waals surface area contributed by atoms with Gasteiger partial charge in [0, 0.05) is 47.1 Å². The summed E-state index contributed by atoms with van der Waals surface area (Å²) in [5, 5.41) is 5.83. The Bertz CT molecular complexity index is 1470. The molecule has 0 aliphatic carbocycles. The summed E-state index contributed by atoms with van der Waals surface area (Å²) < 4.78 is 11.2. The Morgan fingerprint density at radius 3 is 2.73 bits per heavy atom. The van der Waals surface area contributed by atoms with Crippen molar-refractivity contribution in [2.75, 3.05) is 26.0 Å². The Hall–Kier alpha value is -3.82. The average Bonchev–Trinajstić information content (AvgIpc) is 3.38. The molecule has 0 bridgehead atoms. The first-order chi connectivity index (χ1) is 18.0. The van der Waals surface area contributed by atoms with Crippen LogP contribution >= 0.6 is 11.3 Å². The second kappa shape index (κ2) is 10.7. The van der Waals surface area contributed by atoms with E-state index < -0.39 is 18.0 Å². The highest BCUT2D eigenvalue weighted by atomic mass is 32.1. The summed E-state index contributed by atoms with van der Waals surface area (Å²) in [5.74, 6) is -0.230. The quantitative estimate of drug-likeness (QED) is 0.348. The number of aromatic nitrogens is 2. The molecule has 0 saturated carbocycles. The van der Waals surface area contributed by atoms with Crippen molar-refractivity contribution in [3.8, 4) is 17.0 Å². The van der Waals surface area contributed by atoms with E-state index in [0.29, 0.717) is 35.1 Å². The molecule has 5 rings (SSSR count). The molecular formula is C28H28N4O4S. The molecule has 3 heterocycles. The van der Waals surface area contributed by atoms with Gasteiger partial charge in [-0.15, -0.1) is 11.3 Å². The summed E-state index contributed by atoms with van der Waals surface area (Å²) in [6.07, 6.45) is 0.121. The Balaban J connectivity index is 1.37. The number of esters is 1. The Kier molecular flexibility index (Phi) is 7.16. The molecular weight excluding hydrogens is 488 g/mol. The second-order valence-corrected chi connectivity index (χ2v) is 9.80. The van der Waals surface area contributed by atoms with Gasteiger partial charge in [0.1, 0.15) is 5.75 Å². The van der Waals surface area contributed by atoms with Crippen LogP contribution in [0.3, 0.4) is 0 Å². The van der Waals surface area contributed by atoms with Crippen LogP contribution in [0.4, 0.5) is 5.13 Å². The molecule has 1 aliphatic heterocycles. The van der Waals surface area contributed by atoms with Crippen molar-refractivity contribution >= 4 is 39.2 Å². The summed E-state index contributed by atoms with van der Waals surface area (Å²) in [7, 11) is 3.62. The molecule has 1 aliphatic rings. The van der Waals surface area contributed by atoms with E-state index in [1.807, 2.05) is 67.9 Å². The lowest BCUT2D eigenvalue weighted by molar-refractivity contribution is -0.124. The van der Waals surface area contributed by atoms with E-state index in [1.165, 1.54) is 11.3 Å². The van der Waals surface area contributed by atoms with Crippen LogP contribution in [0.15, 0.2) is 53.9 Å². The molecule has 1 N–H and O–H groups in total. The van der Waals surface area contributed by atoms with Crippen LogP contribution in [0.1, 0.15) is 35.0 Å². The van der Waals surface area contributed by atoms with E-state index in [4.69, 9.17) is 14.5 Å². The number of methoxy groups -OCH3 is 1. The molecule has 2 aromatic carbocycles. The predicted molar refractivity (Wildman–Crippen MR) is 144 cm³/mol. The molecule has 1 unspecified atom stereocenters. The Labute approximate surface area is 219 Å². The molecule has 190 valence electrons. The van der Waals surface area contributed by atoms with Crippen molar-refractivity contribution in [1.29, 1.82) is 0 Å². The third-order valence-electron chi connectivity index (χ3n) is 6.47. The van der Waals surface area contributed by atoms with E-state index in [0.717, 1.165) is 40.7 Å². The number of hydrogen-bond acceptors (Lipinski definition) is 8. The second-order valence-electron chi connectivity index (χ2n) is 8.95. The number of hydrogen-bond donors (Lipinski definition) is 1. The fraction of sp³-hybridized carbons (Fsp3) is 0.286. The maximum Gasteiger partial charge on any atom is 0.340 e.